The Balaban J connectivity index is 1.86. The highest BCUT2D eigenvalue weighted by atomic mass is 16.2. The maximum atomic E-state index is 12.9. The standard InChI is InChI=1S/C20H23B2N3O/c1-4-25(5-2)20(26)11-6-13-14-7-12(21)8-16-18(14)15(19(22)23-16)9-17(13)24(3)10-11/h6-8,11,17,23H,4-5,9-10H2,1-3H3. The first-order chi connectivity index (χ1) is 12.4. The predicted molar refractivity (Wildman–Crippen MR) is 109 cm³/mol. The van der Waals surface area contributed by atoms with Crippen LogP contribution in [0.5, 0.6) is 0 Å². The Bertz CT molecular complexity index is 913. The molecular formula is C20H23B2N3O. The number of carbonyl (C=O) groups excluding carboxylic acids is 1. The molecule has 1 N–H and O–H groups in total. The van der Waals surface area contributed by atoms with Gasteiger partial charge < -0.3 is 9.88 Å². The number of aromatic nitrogens is 1. The van der Waals surface area contributed by atoms with Gasteiger partial charge in [-0.05, 0) is 55.7 Å². The van der Waals surface area contributed by atoms with Crippen LogP contribution in [-0.2, 0) is 11.2 Å². The number of hydrogen-bond acceptors (Lipinski definition) is 2. The van der Waals surface area contributed by atoms with Crippen molar-refractivity contribution in [2.45, 2.75) is 26.3 Å². The van der Waals surface area contributed by atoms with E-state index in [2.05, 4.69) is 23.0 Å². The molecule has 0 fully saturated rings. The molecule has 1 aliphatic carbocycles. The van der Waals surface area contributed by atoms with E-state index in [0.29, 0.717) is 5.46 Å². The molecule has 0 saturated heterocycles. The maximum Gasteiger partial charge on any atom is 0.230 e. The second kappa shape index (κ2) is 6.34. The van der Waals surface area contributed by atoms with Gasteiger partial charge in [0, 0.05) is 36.6 Å². The Kier molecular flexibility index (Phi) is 4.26. The summed E-state index contributed by atoms with van der Waals surface area (Å²) in [5.41, 5.74) is 5.89. The molecule has 26 heavy (non-hydrogen) atoms. The first-order valence-electron chi connectivity index (χ1n) is 9.35. The molecule has 0 spiro atoms. The van der Waals surface area contributed by atoms with E-state index < -0.39 is 0 Å². The highest BCUT2D eigenvalue weighted by molar-refractivity contribution is 6.36. The van der Waals surface area contributed by atoms with Gasteiger partial charge in [-0.15, -0.1) is 0 Å². The molecule has 2 atom stereocenters. The van der Waals surface area contributed by atoms with Crippen molar-refractivity contribution >= 4 is 49.1 Å². The summed E-state index contributed by atoms with van der Waals surface area (Å²) in [6.07, 6.45) is 3.03. The van der Waals surface area contributed by atoms with Crippen LogP contribution in [0.2, 0.25) is 0 Å². The minimum Gasteiger partial charge on any atom is -0.368 e. The molecule has 2 aromatic rings. The summed E-state index contributed by atoms with van der Waals surface area (Å²) in [6, 6.07) is 4.19. The lowest BCUT2D eigenvalue weighted by Gasteiger charge is -2.40. The van der Waals surface area contributed by atoms with Crippen molar-refractivity contribution in [3.8, 4) is 0 Å². The molecular weight excluding hydrogens is 320 g/mol. The van der Waals surface area contributed by atoms with Gasteiger partial charge >= 0.3 is 0 Å². The average molecular weight is 343 g/mol. The number of nitrogens with zero attached hydrogens (tertiary/aromatic N) is 2. The number of H-pyrrole nitrogens is 1. The Morgan fingerprint density at radius 2 is 2.04 bits per heavy atom. The minimum atomic E-state index is -0.125. The van der Waals surface area contributed by atoms with Crippen molar-refractivity contribution in [1.82, 2.24) is 14.8 Å². The van der Waals surface area contributed by atoms with Gasteiger partial charge in [0.15, 0.2) is 0 Å². The highest BCUT2D eigenvalue weighted by Crippen LogP contribution is 2.40. The second-order valence-electron chi connectivity index (χ2n) is 7.41. The van der Waals surface area contributed by atoms with E-state index >= 15 is 0 Å². The third-order valence-corrected chi connectivity index (χ3v) is 5.91. The zero-order chi connectivity index (χ0) is 18.6. The van der Waals surface area contributed by atoms with E-state index in [4.69, 9.17) is 15.7 Å². The smallest absolute Gasteiger partial charge is 0.230 e. The predicted octanol–water partition coefficient (Wildman–Crippen LogP) is 0.494. The molecule has 2 heterocycles. The van der Waals surface area contributed by atoms with E-state index in [1.165, 1.54) is 5.57 Å². The van der Waals surface area contributed by atoms with Crippen LogP contribution in [0.4, 0.5) is 0 Å². The van der Waals surface area contributed by atoms with Gasteiger partial charge in [0.1, 0.15) is 15.7 Å². The van der Waals surface area contributed by atoms with Gasteiger partial charge in [0.05, 0.1) is 5.92 Å². The summed E-state index contributed by atoms with van der Waals surface area (Å²) in [5, 5.41) is 1.16. The van der Waals surface area contributed by atoms with Crippen LogP contribution < -0.4 is 11.1 Å². The van der Waals surface area contributed by atoms with E-state index in [0.717, 1.165) is 53.7 Å². The summed E-state index contributed by atoms with van der Waals surface area (Å²) >= 11 is 0. The van der Waals surface area contributed by atoms with E-state index in [9.17, 15) is 4.79 Å². The molecule has 2 unspecified atom stereocenters. The Morgan fingerprint density at radius 3 is 2.73 bits per heavy atom. The number of rotatable bonds is 3. The van der Waals surface area contributed by atoms with Crippen LogP contribution in [0.25, 0.3) is 16.5 Å². The third kappa shape index (κ3) is 2.54. The van der Waals surface area contributed by atoms with Crippen LogP contribution in [-0.4, -0.2) is 69.1 Å². The number of carbonyl (C=O) groups is 1. The second-order valence-corrected chi connectivity index (χ2v) is 7.41. The van der Waals surface area contributed by atoms with Gasteiger partial charge in [-0.3, -0.25) is 9.69 Å². The molecule has 2 aliphatic rings. The van der Waals surface area contributed by atoms with Gasteiger partial charge in [-0.2, -0.15) is 0 Å². The quantitative estimate of drug-likeness (QED) is 0.825. The Labute approximate surface area is 157 Å². The van der Waals surface area contributed by atoms with Crippen LogP contribution in [0.15, 0.2) is 18.2 Å². The number of likely N-dealkylation sites (N-methyl/N-ethyl adjacent to an activating group) is 1. The normalized spacial score (nSPS) is 22.2. The van der Waals surface area contributed by atoms with Gasteiger partial charge in [0.2, 0.25) is 5.91 Å². The molecule has 1 aliphatic heterocycles. The zero-order valence-corrected chi connectivity index (χ0v) is 15.7. The average Bonchev–Trinajstić information content (AvgIpc) is 2.92. The van der Waals surface area contributed by atoms with E-state index in [1.54, 1.807) is 0 Å². The summed E-state index contributed by atoms with van der Waals surface area (Å²) in [4.78, 5) is 20.4. The molecule has 4 radical (unpaired) electrons. The number of amides is 1. The first-order valence-corrected chi connectivity index (χ1v) is 9.35. The monoisotopic (exact) mass is 343 g/mol. The molecule has 1 aromatic heterocycles. The molecule has 0 bridgehead atoms. The largest absolute Gasteiger partial charge is 0.368 e. The molecule has 4 rings (SSSR count). The minimum absolute atomic E-state index is 0.125. The number of nitrogens with one attached hydrogen (secondary N) is 1. The van der Waals surface area contributed by atoms with Crippen molar-refractivity contribution in [1.29, 1.82) is 0 Å². The number of hydrogen-bond donors (Lipinski definition) is 1. The van der Waals surface area contributed by atoms with Gasteiger partial charge in [-0.25, -0.2) is 0 Å². The Hall–Kier alpha value is -1.94. The molecule has 6 heteroatoms. The topological polar surface area (TPSA) is 39.3 Å². The summed E-state index contributed by atoms with van der Waals surface area (Å²) in [7, 11) is 14.5. The zero-order valence-electron chi connectivity index (χ0n) is 15.7. The van der Waals surface area contributed by atoms with Crippen molar-refractivity contribution in [2.24, 2.45) is 5.92 Å². The fraction of sp³-hybridized carbons (Fsp3) is 0.450. The fourth-order valence-corrected chi connectivity index (χ4v) is 4.59. The SMILES string of the molecule is [B]c1cc2c3c(c([B])[nH]c3c1)CC1C2=CC(C(=O)N(CC)CC)CN1C. The highest BCUT2D eigenvalue weighted by Gasteiger charge is 2.37. The van der Waals surface area contributed by atoms with E-state index in [1.807, 2.05) is 30.9 Å². The van der Waals surface area contributed by atoms with Crippen molar-refractivity contribution in [3.63, 3.8) is 0 Å². The van der Waals surface area contributed by atoms with Crippen molar-refractivity contribution in [2.75, 3.05) is 26.7 Å². The van der Waals surface area contributed by atoms with Crippen LogP contribution in [0.3, 0.4) is 0 Å². The fourth-order valence-electron chi connectivity index (χ4n) is 4.59. The van der Waals surface area contributed by atoms with Crippen LogP contribution >= 0.6 is 0 Å². The van der Waals surface area contributed by atoms with Crippen molar-refractivity contribution in [3.05, 3.63) is 29.3 Å². The molecule has 1 amide bonds. The van der Waals surface area contributed by atoms with Gasteiger partial charge in [-0.1, -0.05) is 17.6 Å². The summed E-state index contributed by atoms with van der Waals surface area (Å²) in [5.74, 6) is 0.0767. The van der Waals surface area contributed by atoms with Crippen molar-refractivity contribution < 1.29 is 4.79 Å². The number of fused-ring (bicyclic) bond motifs is 2. The lowest BCUT2D eigenvalue weighted by molar-refractivity contribution is -0.134. The number of benzene rings is 1. The lowest BCUT2D eigenvalue weighted by atomic mass is 9.76. The number of aromatic amines is 1. The summed E-state index contributed by atoms with van der Waals surface area (Å²) in [6.45, 7) is 6.27. The summed E-state index contributed by atoms with van der Waals surface area (Å²) < 4.78 is 0. The molecule has 130 valence electrons. The molecule has 4 nitrogen and oxygen atoms in total. The van der Waals surface area contributed by atoms with E-state index in [-0.39, 0.29) is 17.9 Å². The van der Waals surface area contributed by atoms with Gasteiger partial charge in [0.25, 0.3) is 0 Å². The third-order valence-electron chi connectivity index (χ3n) is 5.91. The maximum absolute atomic E-state index is 12.9. The lowest BCUT2D eigenvalue weighted by Crippen LogP contribution is -2.48. The van der Waals surface area contributed by atoms with Crippen LogP contribution in [0, 0.1) is 5.92 Å². The first kappa shape index (κ1) is 17.5. The Morgan fingerprint density at radius 1 is 1.31 bits per heavy atom. The van der Waals surface area contributed by atoms with Crippen LogP contribution in [0.1, 0.15) is 25.0 Å². The molecule has 0 saturated carbocycles. The molecule has 1 aromatic carbocycles.